The second-order valence-corrected chi connectivity index (χ2v) is 8.51. The van der Waals surface area contributed by atoms with Crippen molar-refractivity contribution in [3.8, 4) is 11.5 Å². The summed E-state index contributed by atoms with van der Waals surface area (Å²) in [6.45, 7) is 2.61. The van der Waals surface area contributed by atoms with Crippen molar-refractivity contribution in [2.24, 2.45) is 5.92 Å². The van der Waals surface area contributed by atoms with E-state index in [0.29, 0.717) is 47.2 Å². The average Bonchev–Trinajstić information content (AvgIpc) is 3.41. The molecule has 1 aliphatic carbocycles. The summed E-state index contributed by atoms with van der Waals surface area (Å²) in [5.74, 6) is 0.934. The molecule has 4 aromatic heterocycles. The molecule has 0 bridgehead atoms. The van der Waals surface area contributed by atoms with Crippen molar-refractivity contribution in [2.45, 2.75) is 31.8 Å². The summed E-state index contributed by atoms with van der Waals surface area (Å²) in [5, 5.41) is 15.3. The number of fused-ring (bicyclic) bond motifs is 2. The number of aromatic nitrogens is 4. The SMILES string of the molecule is Cc1ncc(-c2nc3nc([C@@]4(O)CCOC4)ccc3o2)c2cc(NC(=O)C3CC3)ncc12. The van der Waals surface area contributed by atoms with Gasteiger partial charge in [0.15, 0.2) is 11.2 Å². The summed E-state index contributed by atoms with van der Waals surface area (Å²) in [5.41, 5.74) is 1.82. The molecular weight excluding hydrogens is 410 g/mol. The van der Waals surface area contributed by atoms with Crippen LogP contribution in [-0.2, 0) is 15.1 Å². The second kappa shape index (κ2) is 7.04. The van der Waals surface area contributed by atoms with Crippen LogP contribution in [0.25, 0.3) is 33.5 Å². The van der Waals surface area contributed by atoms with Gasteiger partial charge in [-0.15, -0.1) is 0 Å². The molecule has 4 aromatic rings. The van der Waals surface area contributed by atoms with Gasteiger partial charge in [-0.1, -0.05) is 0 Å². The summed E-state index contributed by atoms with van der Waals surface area (Å²) in [6, 6.07) is 5.33. The number of rotatable bonds is 4. The zero-order valence-electron chi connectivity index (χ0n) is 17.5. The van der Waals surface area contributed by atoms with E-state index in [1.54, 1.807) is 24.5 Å². The number of hydrogen-bond acceptors (Lipinski definition) is 8. The van der Waals surface area contributed by atoms with Crippen LogP contribution < -0.4 is 5.32 Å². The number of oxazole rings is 1. The number of pyridine rings is 3. The van der Waals surface area contributed by atoms with Crippen LogP contribution in [0, 0.1) is 12.8 Å². The van der Waals surface area contributed by atoms with E-state index >= 15 is 0 Å². The maximum Gasteiger partial charge on any atom is 0.231 e. The topological polar surface area (TPSA) is 123 Å². The molecule has 9 nitrogen and oxygen atoms in total. The minimum atomic E-state index is -1.11. The van der Waals surface area contributed by atoms with Gasteiger partial charge in [-0.2, -0.15) is 4.98 Å². The fourth-order valence-electron chi connectivity index (χ4n) is 4.03. The van der Waals surface area contributed by atoms with Crippen molar-refractivity contribution >= 4 is 33.7 Å². The number of anilines is 1. The van der Waals surface area contributed by atoms with Gasteiger partial charge >= 0.3 is 0 Å². The summed E-state index contributed by atoms with van der Waals surface area (Å²) < 4.78 is 11.3. The first-order valence-corrected chi connectivity index (χ1v) is 10.6. The Morgan fingerprint density at radius 1 is 1.19 bits per heavy atom. The molecule has 1 atom stereocenters. The van der Waals surface area contributed by atoms with Crippen molar-refractivity contribution < 1.29 is 19.1 Å². The van der Waals surface area contributed by atoms with Crippen LogP contribution in [0.3, 0.4) is 0 Å². The maximum absolute atomic E-state index is 12.2. The fourth-order valence-corrected chi connectivity index (χ4v) is 4.03. The molecule has 1 saturated heterocycles. The van der Waals surface area contributed by atoms with Gasteiger partial charge in [0, 0.05) is 47.8 Å². The van der Waals surface area contributed by atoms with Crippen molar-refractivity contribution in [1.82, 2.24) is 19.9 Å². The van der Waals surface area contributed by atoms with Crippen molar-refractivity contribution in [3.05, 3.63) is 42.0 Å². The Hall–Kier alpha value is -3.43. The summed E-state index contributed by atoms with van der Waals surface area (Å²) in [4.78, 5) is 30.1. The molecule has 162 valence electrons. The maximum atomic E-state index is 12.2. The van der Waals surface area contributed by atoms with E-state index < -0.39 is 5.60 Å². The summed E-state index contributed by atoms with van der Waals surface area (Å²) in [6.07, 6.45) is 5.75. The highest BCUT2D eigenvalue weighted by Crippen LogP contribution is 2.35. The van der Waals surface area contributed by atoms with Gasteiger partial charge in [0.2, 0.25) is 11.8 Å². The highest BCUT2D eigenvalue weighted by atomic mass is 16.5. The van der Waals surface area contributed by atoms with Crippen molar-refractivity contribution in [3.63, 3.8) is 0 Å². The Balaban J connectivity index is 1.43. The Bertz CT molecular complexity index is 1370. The van der Waals surface area contributed by atoms with Crippen molar-refractivity contribution in [1.29, 1.82) is 0 Å². The van der Waals surface area contributed by atoms with Gasteiger partial charge < -0.3 is 19.6 Å². The first-order valence-electron chi connectivity index (χ1n) is 10.6. The third kappa shape index (κ3) is 3.21. The van der Waals surface area contributed by atoms with Crippen LogP contribution in [0.15, 0.2) is 35.0 Å². The highest BCUT2D eigenvalue weighted by molar-refractivity contribution is 6.00. The molecule has 0 aromatic carbocycles. The summed E-state index contributed by atoms with van der Waals surface area (Å²) in [7, 11) is 0. The molecule has 1 saturated carbocycles. The molecule has 2 N–H and O–H groups in total. The van der Waals surface area contributed by atoms with E-state index in [4.69, 9.17) is 9.15 Å². The monoisotopic (exact) mass is 431 g/mol. The molecule has 32 heavy (non-hydrogen) atoms. The van der Waals surface area contributed by atoms with E-state index in [1.165, 1.54) is 0 Å². The number of hydrogen-bond donors (Lipinski definition) is 2. The lowest BCUT2D eigenvalue weighted by Crippen LogP contribution is -2.26. The second-order valence-electron chi connectivity index (χ2n) is 8.51. The quantitative estimate of drug-likeness (QED) is 0.505. The molecule has 0 radical (unpaired) electrons. The minimum absolute atomic E-state index is 0.00315. The lowest BCUT2D eigenvalue weighted by atomic mass is 9.98. The van der Waals surface area contributed by atoms with Crippen LogP contribution >= 0.6 is 0 Å². The normalized spacial score (nSPS) is 20.8. The Kier molecular flexibility index (Phi) is 4.24. The van der Waals surface area contributed by atoms with E-state index in [9.17, 15) is 9.90 Å². The predicted molar refractivity (Wildman–Crippen MR) is 116 cm³/mol. The standard InChI is InChI=1S/C23H21N5O4/c1-12-15-9-25-19(27-21(29)13-2-3-13)8-14(15)16(10-24-12)22-28-20-17(32-22)4-5-18(26-20)23(30)6-7-31-11-23/h4-5,8-10,13,30H,2-3,6-7,11H2,1H3,(H,25,27,29)/t23-/m1/s1. The fraction of sp³-hybridized carbons (Fsp3) is 0.348. The van der Waals surface area contributed by atoms with Crippen LogP contribution in [0.5, 0.6) is 0 Å². The number of amides is 1. The van der Waals surface area contributed by atoms with Crippen LogP contribution in [0.1, 0.15) is 30.7 Å². The predicted octanol–water partition coefficient (Wildman–Crippen LogP) is 3.10. The van der Waals surface area contributed by atoms with Gasteiger partial charge in [-0.3, -0.25) is 9.78 Å². The minimum Gasteiger partial charge on any atom is -0.434 e. The van der Waals surface area contributed by atoms with E-state index in [2.05, 4.69) is 25.3 Å². The molecule has 1 aliphatic heterocycles. The molecule has 2 aliphatic rings. The van der Waals surface area contributed by atoms with E-state index in [1.807, 2.05) is 13.0 Å². The van der Waals surface area contributed by atoms with Gasteiger partial charge in [0.05, 0.1) is 17.9 Å². The number of nitrogens with zero attached hydrogens (tertiary/aromatic N) is 4. The summed E-state index contributed by atoms with van der Waals surface area (Å²) >= 11 is 0. The number of aryl methyl sites for hydroxylation is 1. The van der Waals surface area contributed by atoms with Crippen molar-refractivity contribution in [2.75, 3.05) is 18.5 Å². The Labute approximate surface area is 182 Å². The molecule has 0 spiro atoms. The average molecular weight is 431 g/mol. The Morgan fingerprint density at radius 3 is 2.84 bits per heavy atom. The smallest absolute Gasteiger partial charge is 0.231 e. The number of ether oxygens (including phenoxy) is 1. The van der Waals surface area contributed by atoms with Gasteiger partial charge in [0.25, 0.3) is 0 Å². The molecule has 2 fully saturated rings. The first kappa shape index (κ1) is 19.3. The van der Waals surface area contributed by atoms with E-state index in [-0.39, 0.29) is 18.4 Å². The lowest BCUT2D eigenvalue weighted by molar-refractivity contribution is -0.117. The molecule has 6 rings (SSSR count). The lowest BCUT2D eigenvalue weighted by Gasteiger charge is -2.18. The highest BCUT2D eigenvalue weighted by Gasteiger charge is 2.36. The number of aliphatic hydroxyl groups is 1. The third-order valence-electron chi connectivity index (χ3n) is 6.13. The van der Waals surface area contributed by atoms with Crippen LogP contribution in [-0.4, -0.2) is 44.2 Å². The molecule has 0 unspecified atom stereocenters. The molecule has 5 heterocycles. The number of carbonyl (C=O) groups excluding carboxylic acids is 1. The number of nitrogens with one attached hydrogen (secondary N) is 1. The molecule has 1 amide bonds. The number of carbonyl (C=O) groups is 1. The third-order valence-corrected chi connectivity index (χ3v) is 6.13. The van der Waals surface area contributed by atoms with Gasteiger partial charge in [-0.05, 0) is 38.0 Å². The molecule has 9 heteroatoms. The zero-order valence-corrected chi connectivity index (χ0v) is 17.5. The van der Waals surface area contributed by atoms with Crippen LogP contribution in [0.4, 0.5) is 5.82 Å². The van der Waals surface area contributed by atoms with Crippen LogP contribution in [0.2, 0.25) is 0 Å². The Morgan fingerprint density at radius 2 is 2.06 bits per heavy atom. The first-order chi connectivity index (χ1) is 15.5. The largest absolute Gasteiger partial charge is 0.434 e. The van der Waals surface area contributed by atoms with E-state index in [0.717, 1.165) is 29.3 Å². The zero-order chi connectivity index (χ0) is 21.9. The van der Waals surface area contributed by atoms with Gasteiger partial charge in [-0.25, -0.2) is 9.97 Å². The molecular formula is C23H21N5O4. The van der Waals surface area contributed by atoms with Gasteiger partial charge in [0.1, 0.15) is 11.4 Å².